The average molecular weight is 479 g/mol. The summed E-state index contributed by atoms with van der Waals surface area (Å²) in [5.74, 6) is 1.28. The van der Waals surface area contributed by atoms with Crippen molar-refractivity contribution in [2.45, 2.75) is 13.3 Å². The SMILES string of the molecule is C=CC(=O)Nc1cc(Nc2nc(NC(=C)CC)c3cc[nH]c3n2)c(OC)cc1N(C)CCN(C)C. The van der Waals surface area contributed by atoms with Crippen LogP contribution in [0.4, 0.5) is 28.8 Å². The highest BCUT2D eigenvalue weighted by molar-refractivity contribution is 6.02. The minimum atomic E-state index is -0.308. The third-order valence-electron chi connectivity index (χ3n) is 5.44. The van der Waals surface area contributed by atoms with Gasteiger partial charge >= 0.3 is 0 Å². The minimum Gasteiger partial charge on any atom is -0.494 e. The van der Waals surface area contributed by atoms with Gasteiger partial charge in [-0.05, 0) is 38.7 Å². The Labute approximate surface area is 206 Å². The van der Waals surface area contributed by atoms with Crippen LogP contribution in [0, 0.1) is 0 Å². The zero-order chi connectivity index (χ0) is 25.5. The number of nitrogens with one attached hydrogen (secondary N) is 4. The molecule has 0 bridgehead atoms. The molecule has 0 aliphatic rings. The van der Waals surface area contributed by atoms with E-state index in [1.54, 1.807) is 7.11 Å². The lowest BCUT2D eigenvalue weighted by molar-refractivity contribution is -0.111. The fourth-order valence-electron chi connectivity index (χ4n) is 3.37. The molecule has 0 aliphatic carbocycles. The molecule has 1 aromatic carbocycles. The molecule has 3 aromatic rings. The van der Waals surface area contributed by atoms with Gasteiger partial charge in [0.2, 0.25) is 11.9 Å². The molecule has 0 fully saturated rings. The second-order valence-corrected chi connectivity index (χ2v) is 8.33. The molecule has 2 heterocycles. The summed E-state index contributed by atoms with van der Waals surface area (Å²) in [6.07, 6.45) is 3.81. The number of hydrogen-bond donors (Lipinski definition) is 4. The number of anilines is 5. The van der Waals surface area contributed by atoms with E-state index in [2.05, 4.69) is 53.9 Å². The van der Waals surface area contributed by atoms with Gasteiger partial charge in [0.05, 0.1) is 29.6 Å². The van der Waals surface area contributed by atoms with E-state index in [9.17, 15) is 4.79 Å². The summed E-state index contributed by atoms with van der Waals surface area (Å²) in [5, 5.41) is 10.3. The van der Waals surface area contributed by atoms with Gasteiger partial charge in [0.1, 0.15) is 17.2 Å². The maximum Gasteiger partial charge on any atom is 0.247 e. The Balaban J connectivity index is 2.03. The lowest BCUT2D eigenvalue weighted by Gasteiger charge is -2.26. The summed E-state index contributed by atoms with van der Waals surface area (Å²) in [7, 11) is 7.60. The first kappa shape index (κ1) is 25.6. The number of benzene rings is 1. The van der Waals surface area contributed by atoms with Crippen LogP contribution in [-0.4, -0.2) is 67.1 Å². The number of H-pyrrole nitrogens is 1. The summed E-state index contributed by atoms with van der Waals surface area (Å²) >= 11 is 0. The molecule has 2 aromatic heterocycles. The predicted molar refractivity (Wildman–Crippen MR) is 144 cm³/mol. The number of carbonyl (C=O) groups excluding carboxylic acids is 1. The van der Waals surface area contributed by atoms with E-state index < -0.39 is 0 Å². The van der Waals surface area contributed by atoms with E-state index >= 15 is 0 Å². The zero-order valence-corrected chi connectivity index (χ0v) is 21.0. The summed E-state index contributed by atoms with van der Waals surface area (Å²) in [4.78, 5) is 28.7. The molecule has 0 radical (unpaired) electrons. The van der Waals surface area contributed by atoms with Crippen LogP contribution in [0.2, 0.25) is 0 Å². The molecule has 10 nitrogen and oxygen atoms in total. The van der Waals surface area contributed by atoms with E-state index in [0.717, 1.165) is 36.3 Å². The highest BCUT2D eigenvalue weighted by atomic mass is 16.5. The van der Waals surface area contributed by atoms with Crippen LogP contribution < -0.4 is 25.6 Å². The molecule has 0 spiro atoms. The van der Waals surface area contributed by atoms with Crippen molar-refractivity contribution < 1.29 is 9.53 Å². The Hall–Kier alpha value is -4.05. The summed E-state index contributed by atoms with van der Waals surface area (Å²) < 4.78 is 5.68. The van der Waals surface area contributed by atoms with Crippen LogP contribution in [0.25, 0.3) is 11.0 Å². The third kappa shape index (κ3) is 6.30. The Bertz CT molecular complexity index is 1220. The normalized spacial score (nSPS) is 10.8. The van der Waals surface area contributed by atoms with E-state index in [1.807, 2.05) is 52.5 Å². The Morgan fingerprint density at radius 1 is 1.17 bits per heavy atom. The van der Waals surface area contributed by atoms with Crippen LogP contribution in [0.5, 0.6) is 5.75 Å². The Kier molecular flexibility index (Phi) is 8.32. The first-order valence-corrected chi connectivity index (χ1v) is 11.3. The molecule has 1 amide bonds. The number of ether oxygens (including phenoxy) is 1. The zero-order valence-electron chi connectivity index (χ0n) is 21.0. The molecular formula is C25H34N8O2. The summed E-state index contributed by atoms with van der Waals surface area (Å²) in [5.41, 5.74) is 3.54. The van der Waals surface area contributed by atoms with Crippen LogP contribution in [-0.2, 0) is 4.79 Å². The van der Waals surface area contributed by atoms with Crippen LogP contribution in [0.1, 0.15) is 13.3 Å². The van der Waals surface area contributed by atoms with Gasteiger partial charge in [-0.3, -0.25) is 4.79 Å². The molecule has 186 valence electrons. The largest absolute Gasteiger partial charge is 0.494 e. The smallest absolute Gasteiger partial charge is 0.247 e. The molecule has 3 rings (SSSR count). The maximum atomic E-state index is 12.2. The summed E-state index contributed by atoms with van der Waals surface area (Å²) in [6, 6.07) is 5.59. The molecular weight excluding hydrogens is 444 g/mol. The molecule has 0 atom stereocenters. The second-order valence-electron chi connectivity index (χ2n) is 8.33. The van der Waals surface area contributed by atoms with Crippen molar-refractivity contribution in [2.75, 3.05) is 62.2 Å². The van der Waals surface area contributed by atoms with Crippen molar-refractivity contribution in [3.8, 4) is 5.75 Å². The van der Waals surface area contributed by atoms with Crippen LogP contribution in [0.3, 0.4) is 0 Å². The van der Waals surface area contributed by atoms with E-state index in [0.29, 0.717) is 34.5 Å². The number of hydrogen-bond acceptors (Lipinski definition) is 8. The number of nitrogens with zero attached hydrogens (tertiary/aromatic N) is 4. The van der Waals surface area contributed by atoms with E-state index in [-0.39, 0.29) is 5.91 Å². The number of fused-ring (bicyclic) bond motifs is 1. The standard InChI is InChI=1S/C25H34N8O2/c1-8-16(3)27-24-17-10-11-26-23(17)30-25(31-24)29-19-14-18(28-22(34)9-2)20(15-21(19)35-7)33(6)13-12-32(4)5/h9-11,14-15H,2-3,8,12-13H2,1,4-7H3,(H,28,34)(H3,26,27,29,30,31). The molecule has 35 heavy (non-hydrogen) atoms. The third-order valence-corrected chi connectivity index (χ3v) is 5.44. The van der Waals surface area contributed by atoms with Gasteiger partial charge in [-0.2, -0.15) is 9.97 Å². The number of methoxy groups -OCH3 is 1. The van der Waals surface area contributed by atoms with Gasteiger partial charge in [0.15, 0.2) is 0 Å². The lowest BCUT2D eigenvalue weighted by Crippen LogP contribution is -2.29. The molecule has 0 saturated carbocycles. The van der Waals surface area contributed by atoms with Crippen molar-refractivity contribution in [3.05, 3.63) is 49.3 Å². The van der Waals surface area contributed by atoms with Gasteiger partial charge in [-0.1, -0.05) is 20.1 Å². The van der Waals surface area contributed by atoms with Crippen molar-refractivity contribution in [1.82, 2.24) is 19.9 Å². The van der Waals surface area contributed by atoms with Gasteiger partial charge in [0, 0.05) is 38.1 Å². The average Bonchev–Trinajstić information content (AvgIpc) is 3.31. The fraction of sp³-hybridized carbons (Fsp3) is 0.320. The second kappa shape index (κ2) is 11.4. The highest BCUT2D eigenvalue weighted by Crippen LogP contribution is 2.38. The van der Waals surface area contributed by atoms with Gasteiger partial charge in [0.25, 0.3) is 0 Å². The van der Waals surface area contributed by atoms with Crippen molar-refractivity contribution >= 4 is 45.8 Å². The number of aromatic nitrogens is 3. The summed E-state index contributed by atoms with van der Waals surface area (Å²) in [6.45, 7) is 11.2. The van der Waals surface area contributed by atoms with Crippen LogP contribution >= 0.6 is 0 Å². The van der Waals surface area contributed by atoms with Crippen molar-refractivity contribution in [2.24, 2.45) is 0 Å². The maximum absolute atomic E-state index is 12.2. The van der Waals surface area contributed by atoms with E-state index in [4.69, 9.17) is 4.74 Å². The number of amides is 1. The Morgan fingerprint density at radius 2 is 1.94 bits per heavy atom. The van der Waals surface area contributed by atoms with Gasteiger partial charge in [-0.25, -0.2) is 0 Å². The number of rotatable bonds is 12. The highest BCUT2D eigenvalue weighted by Gasteiger charge is 2.17. The quantitative estimate of drug-likeness (QED) is 0.287. The molecule has 0 saturated heterocycles. The van der Waals surface area contributed by atoms with Crippen molar-refractivity contribution in [1.29, 1.82) is 0 Å². The van der Waals surface area contributed by atoms with Crippen LogP contribution in [0.15, 0.2) is 49.3 Å². The molecule has 0 unspecified atom stereocenters. The fourth-order valence-corrected chi connectivity index (χ4v) is 3.37. The molecule has 0 aliphatic heterocycles. The number of likely N-dealkylation sites (N-methyl/N-ethyl adjacent to an activating group) is 2. The number of allylic oxidation sites excluding steroid dienone is 1. The topological polar surface area (TPSA) is 110 Å². The van der Waals surface area contributed by atoms with Gasteiger partial charge in [-0.15, -0.1) is 0 Å². The first-order valence-electron chi connectivity index (χ1n) is 11.3. The number of aromatic amines is 1. The van der Waals surface area contributed by atoms with E-state index in [1.165, 1.54) is 6.08 Å². The minimum absolute atomic E-state index is 0.308. The van der Waals surface area contributed by atoms with Crippen molar-refractivity contribution in [3.63, 3.8) is 0 Å². The molecule has 4 N–H and O–H groups in total. The monoisotopic (exact) mass is 478 g/mol. The first-order chi connectivity index (χ1) is 16.7. The predicted octanol–water partition coefficient (Wildman–Crippen LogP) is 4.17. The van der Waals surface area contributed by atoms with Gasteiger partial charge < -0.3 is 35.5 Å². The lowest BCUT2D eigenvalue weighted by atomic mass is 10.2. The Morgan fingerprint density at radius 3 is 2.60 bits per heavy atom. The number of carbonyl (C=O) groups is 1. The molecule has 10 heteroatoms.